The molecular weight excluding hydrogens is 428 g/mol. The molecule has 0 bridgehead atoms. The molecule has 1 aromatic carbocycles. The van der Waals surface area contributed by atoms with E-state index in [1.165, 1.54) is 0 Å². The fourth-order valence-electron chi connectivity index (χ4n) is 4.41. The second-order valence-corrected chi connectivity index (χ2v) is 8.59. The van der Waals surface area contributed by atoms with Gasteiger partial charge in [-0.1, -0.05) is 18.2 Å². The molecule has 4 aromatic rings. The molecular formula is C26H28N6O2. The first-order chi connectivity index (χ1) is 16.5. The van der Waals surface area contributed by atoms with Crippen LogP contribution in [0.4, 0.5) is 5.95 Å². The summed E-state index contributed by atoms with van der Waals surface area (Å²) in [5.74, 6) is 0.474. The summed E-state index contributed by atoms with van der Waals surface area (Å²) in [7, 11) is 1.76. The Bertz CT molecular complexity index is 1410. The van der Waals surface area contributed by atoms with Crippen LogP contribution in [0, 0.1) is 13.8 Å². The van der Waals surface area contributed by atoms with E-state index in [4.69, 9.17) is 4.74 Å². The lowest BCUT2D eigenvalue weighted by molar-refractivity contribution is 0.0183. The molecule has 2 N–H and O–H groups in total. The Hall–Kier alpha value is -3.62. The van der Waals surface area contributed by atoms with Crippen LogP contribution in [0.3, 0.4) is 0 Å². The number of aromatic nitrogens is 4. The Morgan fingerprint density at radius 2 is 2.03 bits per heavy atom. The van der Waals surface area contributed by atoms with Crippen LogP contribution in [0.15, 0.2) is 53.5 Å². The summed E-state index contributed by atoms with van der Waals surface area (Å²) in [5, 5.41) is 7.10. The molecule has 0 spiro atoms. The van der Waals surface area contributed by atoms with E-state index >= 15 is 0 Å². The predicted molar refractivity (Wildman–Crippen MR) is 134 cm³/mol. The first-order valence-electron chi connectivity index (χ1n) is 11.5. The maximum atomic E-state index is 13.8. The monoisotopic (exact) mass is 456 g/mol. The highest BCUT2D eigenvalue weighted by atomic mass is 16.5. The third-order valence-corrected chi connectivity index (χ3v) is 6.14. The summed E-state index contributed by atoms with van der Waals surface area (Å²) >= 11 is 0. The van der Waals surface area contributed by atoms with Gasteiger partial charge in [-0.3, -0.25) is 14.3 Å². The van der Waals surface area contributed by atoms with Gasteiger partial charge in [-0.15, -0.1) is 0 Å². The maximum Gasteiger partial charge on any atom is 0.260 e. The van der Waals surface area contributed by atoms with Crippen molar-refractivity contribution in [3.8, 4) is 22.4 Å². The quantitative estimate of drug-likeness (QED) is 0.476. The molecule has 34 heavy (non-hydrogen) atoms. The van der Waals surface area contributed by atoms with Gasteiger partial charge >= 0.3 is 0 Å². The van der Waals surface area contributed by atoms with Crippen molar-refractivity contribution in [1.29, 1.82) is 0 Å². The summed E-state index contributed by atoms with van der Waals surface area (Å²) in [6.45, 7) is 6.56. The highest BCUT2D eigenvalue weighted by Gasteiger charge is 2.20. The van der Waals surface area contributed by atoms with Crippen molar-refractivity contribution in [2.75, 3.05) is 32.1 Å². The Balaban J connectivity index is 1.63. The van der Waals surface area contributed by atoms with E-state index in [0.717, 1.165) is 40.0 Å². The number of rotatable bonds is 5. The number of anilines is 1. The van der Waals surface area contributed by atoms with E-state index in [9.17, 15) is 4.79 Å². The van der Waals surface area contributed by atoms with Crippen molar-refractivity contribution < 1.29 is 4.74 Å². The van der Waals surface area contributed by atoms with Gasteiger partial charge in [0.15, 0.2) is 0 Å². The van der Waals surface area contributed by atoms with Crippen LogP contribution in [-0.2, 0) is 11.3 Å². The van der Waals surface area contributed by atoms with E-state index < -0.39 is 0 Å². The predicted octanol–water partition coefficient (Wildman–Crippen LogP) is 3.17. The summed E-state index contributed by atoms with van der Waals surface area (Å²) in [4.78, 5) is 27.4. The van der Waals surface area contributed by atoms with Gasteiger partial charge in [0.1, 0.15) is 5.65 Å². The minimum Gasteiger partial charge on any atom is -0.374 e. The van der Waals surface area contributed by atoms with Gasteiger partial charge < -0.3 is 15.4 Å². The number of nitrogens with zero attached hydrogens (tertiary/aromatic N) is 4. The van der Waals surface area contributed by atoms with Crippen LogP contribution in [0.2, 0.25) is 0 Å². The lowest BCUT2D eigenvalue weighted by atomic mass is 9.97. The maximum absolute atomic E-state index is 13.8. The van der Waals surface area contributed by atoms with Crippen molar-refractivity contribution in [2.24, 2.45) is 0 Å². The number of fused-ring (bicyclic) bond motifs is 1. The molecule has 0 unspecified atom stereocenters. The molecule has 8 heteroatoms. The molecule has 5 rings (SSSR count). The average molecular weight is 457 g/mol. The summed E-state index contributed by atoms with van der Waals surface area (Å²) in [6, 6.07) is 14.0. The standard InChI is InChI=1S/C26H28N6O2/c1-16-11-18(23-6-4-5-17(2)30-23)7-8-21(16)22-12-19-13-29-26(27-3)31-24(19)32(25(22)33)15-20-14-28-9-10-34-20/h4-8,11-13,20,28H,9-10,14-15H2,1-3H3,(H,27,29,31)/t20-/m0/s1. The van der Waals surface area contributed by atoms with Crippen molar-refractivity contribution in [3.63, 3.8) is 0 Å². The van der Waals surface area contributed by atoms with Crippen LogP contribution < -0.4 is 16.2 Å². The molecule has 1 fully saturated rings. The molecule has 8 nitrogen and oxygen atoms in total. The molecule has 4 heterocycles. The molecule has 1 aliphatic heterocycles. The zero-order valence-electron chi connectivity index (χ0n) is 19.6. The molecule has 0 aliphatic carbocycles. The number of hydrogen-bond acceptors (Lipinski definition) is 7. The second-order valence-electron chi connectivity index (χ2n) is 8.59. The highest BCUT2D eigenvalue weighted by molar-refractivity contribution is 5.83. The zero-order valence-corrected chi connectivity index (χ0v) is 19.6. The number of benzene rings is 1. The number of aryl methyl sites for hydroxylation is 2. The first kappa shape index (κ1) is 22.2. The Morgan fingerprint density at radius 1 is 1.15 bits per heavy atom. The molecule has 1 saturated heterocycles. The average Bonchev–Trinajstić information content (AvgIpc) is 2.86. The van der Waals surface area contributed by atoms with Crippen molar-refractivity contribution in [3.05, 3.63) is 70.3 Å². The number of hydrogen-bond donors (Lipinski definition) is 2. The fraction of sp³-hybridized carbons (Fsp3) is 0.308. The fourth-order valence-corrected chi connectivity index (χ4v) is 4.41. The Kier molecular flexibility index (Phi) is 6.08. The van der Waals surface area contributed by atoms with Gasteiger partial charge in [-0.05, 0) is 49.2 Å². The van der Waals surface area contributed by atoms with Crippen LogP contribution in [-0.4, -0.2) is 52.4 Å². The lowest BCUT2D eigenvalue weighted by Gasteiger charge is -2.25. The van der Waals surface area contributed by atoms with Gasteiger partial charge in [-0.25, -0.2) is 4.98 Å². The summed E-state index contributed by atoms with van der Waals surface area (Å²) < 4.78 is 7.62. The van der Waals surface area contributed by atoms with E-state index in [0.29, 0.717) is 36.9 Å². The Morgan fingerprint density at radius 3 is 2.76 bits per heavy atom. The number of morpholine rings is 1. The molecule has 0 radical (unpaired) electrons. The van der Waals surface area contributed by atoms with E-state index in [-0.39, 0.29) is 11.7 Å². The molecule has 1 aliphatic rings. The third-order valence-electron chi connectivity index (χ3n) is 6.14. The summed E-state index contributed by atoms with van der Waals surface area (Å²) in [5.41, 5.74) is 5.93. The SMILES string of the molecule is CNc1ncc2cc(-c3ccc(-c4cccc(C)n4)cc3C)c(=O)n(C[C@@H]3CNCCO3)c2n1. The second kappa shape index (κ2) is 9.32. The minimum absolute atomic E-state index is 0.0908. The van der Waals surface area contributed by atoms with Crippen molar-refractivity contribution in [2.45, 2.75) is 26.5 Å². The molecule has 174 valence electrons. The van der Waals surface area contributed by atoms with Crippen LogP contribution in [0.25, 0.3) is 33.4 Å². The molecule has 0 saturated carbocycles. The third kappa shape index (κ3) is 4.30. The Labute approximate surface area is 198 Å². The number of ether oxygens (including phenoxy) is 1. The topological polar surface area (TPSA) is 94.0 Å². The van der Waals surface area contributed by atoms with Gasteiger partial charge in [-0.2, -0.15) is 4.98 Å². The smallest absolute Gasteiger partial charge is 0.260 e. The van der Waals surface area contributed by atoms with Gasteiger partial charge in [0, 0.05) is 48.5 Å². The summed E-state index contributed by atoms with van der Waals surface area (Å²) in [6.07, 6.45) is 1.65. The molecule has 1 atom stereocenters. The van der Waals surface area contributed by atoms with Gasteiger partial charge in [0.2, 0.25) is 5.95 Å². The highest BCUT2D eigenvalue weighted by Crippen LogP contribution is 2.28. The van der Waals surface area contributed by atoms with Gasteiger partial charge in [0.25, 0.3) is 5.56 Å². The largest absolute Gasteiger partial charge is 0.374 e. The zero-order chi connectivity index (χ0) is 23.7. The minimum atomic E-state index is -0.103. The normalized spacial score (nSPS) is 16.0. The van der Waals surface area contributed by atoms with E-state index in [1.54, 1.807) is 17.8 Å². The van der Waals surface area contributed by atoms with Crippen LogP contribution >= 0.6 is 0 Å². The van der Waals surface area contributed by atoms with Crippen LogP contribution in [0.1, 0.15) is 11.3 Å². The van der Waals surface area contributed by atoms with E-state index in [2.05, 4.69) is 31.7 Å². The van der Waals surface area contributed by atoms with Crippen molar-refractivity contribution in [1.82, 2.24) is 24.8 Å². The van der Waals surface area contributed by atoms with E-state index in [1.807, 2.05) is 50.2 Å². The van der Waals surface area contributed by atoms with Gasteiger partial charge in [0.05, 0.1) is 24.9 Å². The number of nitrogens with one attached hydrogen (secondary N) is 2. The first-order valence-corrected chi connectivity index (χ1v) is 11.5. The molecule has 3 aromatic heterocycles. The number of pyridine rings is 2. The molecule has 0 amide bonds. The van der Waals surface area contributed by atoms with Crippen molar-refractivity contribution >= 4 is 17.0 Å². The lowest BCUT2D eigenvalue weighted by Crippen LogP contribution is -2.42. The van der Waals surface area contributed by atoms with Crippen LogP contribution in [0.5, 0.6) is 0 Å².